The van der Waals surface area contributed by atoms with E-state index in [-0.39, 0.29) is 5.91 Å². The smallest absolute Gasteiger partial charge is 0.331 e. The van der Waals surface area contributed by atoms with Crippen molar-refractivity contribution in [3.63, 3.8) is 0 Å². The maximum atomic E-state index is 11.7. The Kier molecular flexibility index (Phi) is 4.43. The Morgan fingerprint density at radius 1 is 1.38 bits per heavy atom. The van der Waals surface area contributed by atoms with Crippen LogP contribution in [0.4, 0.5) is 0 Å². The minimum atomic E-state index is -1.10. The molecule has 0 aliphatic carbocycles. The van der Waals surface area contributed by atoms with E-state index in [1.165, 1.54) is 11.8 Å². The topological polar surface area (TPSA) is 70.5 Å². The lowest BCUT2D eigenvalue weighted by Gasteiger charge is -2.27. The molecule has 1 heterocycles. The van der Waals surface area contributed by atoms with Gasteiger partial charge in [-0.3, -0.25) is 9.78 Å². The van der Waals surface area contributed by atoms with Crippen LogP contribution in [-0.2, 0) is 9.59 Å². The molecule has 0 aliphatic heterocycles. The minimum Gasteiger partial charge on any atom is -0.479 e. The second-order valence-corrected chi connectivity index (χ2v) is 4.99. The van der Waals surface area contributed by atoms with Gasteiger partial charge in [0.25, 0.3) is 0 Å². The van der Waals surface area contributed by atoms with Crippen molar-refractivity contribution in [1.29, 1.82) is 0 Å². The first-order valence-electron chi connectivity index (χ1n) is 6.50. The molecular weight excluding hydrogens is 292 g/mol. The van der Waals surface area contributed by atoms with Crippen LogP contribution in [0.1, 0.15) is 25.5 Å². The van der Waals surface area contributed by atoms with Crippen molar-refractivity contribution in [3.05, 3.63) is 41.0 Å². The number of benzene rings is 1. The molecule has 0 fully saturated rings. The fourth-order valence-electron chi connectivity index (χ4n) is 2.40. The van der Waals surface area contributed by atoms with E-state index in [2.05, 4.69) is 4.98 Å². The van der Waals surface area contributed by atoms with Gasteiger partial charge in [0.1, 0.15) is 0 Å². The number of aromatic nitrogens is 1. The summed E-state index contributed by atoms with van der Waals surface area (Å²) in [5.41, 5.74) is 0.955. The van der Waals surface area contributed by atoms with Gasteiger partial charge in [-0.05, 0) is 25.1 Å². The molecule has 0 radical (unpaired) electrons. The normalized spacial score (nSPS) is 12.1. The summed E-state index contributed by atoms with van der Waals surface area (Å²) in [5.74, 6) is -1.40. The zero-order chi connectivity index (χ0) is 15.6. The molecule has 1 atom stereocenters. The van der Waals surface area contributed by atoms with Gasteiger partial charge in [0, 0.05) is 35.6 Å². The number of aliphatic carboxylic acids is 1. The molecule has 2 rings (SSSR count). The van der Waals surface area contributed by atoms with Crippen LogP contribution < -0.4 is 0 Å². The van der Waals surface area contributed by atoms with Gasteiger partial charge < -0.3 is 10.0 Å². The molecule has 1 N–H and O–H groups in total. The minimum absolute atomic E-state index is 0.295. The largest absolute Gasteiger partial charge is 0.479 e. The lowest BCUT2D eigenvalue weighted by atomic mass is 10.0. The predicted molar refractivity (Wildman–Crippen MR) is 80.2 cm³/mol. The number of carbonyl (C=O) groups is 2. The van der Waals surface area contributed by atoms with E-state index in [9.17, 15) is 14.7 Å². The zero-order valence-electron chi connectivity index (χ0n) is 11.7. The fourth-order valence-corrected chi connectivity index (χ4v) is 2.62. The van der Waals surface area contributed by atoms with Crippen molar-refractivity contribution >= 4 is 34.4 Å². The van der Waals surface area contributed by atoms with Gasteiger partial charge in [-0.15, -0.1) is 0 Å². The van der Waals surface area contributed by atoms with Gasteiger partial charge in [0.2, 0.25) is 5.91 Å². The van der Waals surface area contributed by atoms with E-state index < -0.39 is 12.0 Å². The molecule has 5 nitrogen and oxygen atoms in total. The number of halogens is 1. The van der Waals surface area contributed by atoms with Gasteiger partial charge in [-0.25, -0.2) is 4.79 Å². The molecule has 0 aliphatic rings. The first-order valence-corrected chi connectivity index (χ1v) is 6.88. The summed E-state index contributed by atoms with van der Waals surface area (Å²) in [7, 11) is 0. The number of rotatable bonds is 4. The van der Waals surface area contributed by atoms with Gasteiger partial charge in [-0.2, -0.15) is 0 Å². The number of nitrogens with zero attached hydrogens (tertiary/aromatic N) is 2. The van der Waals surface area contributed by atoms with Crippen molar-refractivity contribution in [2.75, 3.05) is 6.54 Å². The zero-order valence-corrected chi connectivity index (χ0v) is 12.5. The van der Waals surface area contributed by atoms with Crippen molar-refractivity contribution in [3.8, 4) is 0 Å². The first-order chi connectivity index (χ1) is 9.97. The number of carboxylic acids is 1. The Balaban J connectivity index is 2.69. The van der Waals surface area contributed by atoms with E-state index in [4.69, 9.17) is 11.6 Å². The number of likely N-dealkylation sites (N-methyl/N-ethyl adjacent to an activating group) is 1. The Labute approximate surface area is 127 Å². The van der Waals surface area contributed by atoms with Crippen molar-refractivity contribution in [2.45, 2.75) is 19.9 Å². The fraction of sp³-hybridized carbons (Fsp3) is 0.267. The van der Waals surface area contributed by atoms with Crippen LogP contribution in [0.3, 0.4) is 0 Å². The van der Waals surface area contributed by atoms with Crippen LogP contribution in [-0.4, -0.2) is 33.4 Å². The molecule has 2 aromatic rings. The Morgan fingerprint density at radius 2 is 2.10 bits per heavy atom. The molecule has 1 aromatic carbocycles. The highest BCUT2D eigenvalue weighted by Gasteiger charge is 2.30. The Bertz CT molecular complexity index is 702. The van der Waals surface area contributed by atoms with Gasteiger partial charge >= 0.3 is 5.97 Å². The van der Waals surface area contributed by atoms with Gasteiger partial charge in [-0.1, -0.05) is 17.7 Å². The molecule has 1 unspecified atom stereocenters. The molecule has 1 aromatic heterocycles. The molecule has 6 heteroatoms. The van der Waals surface area contributed by atoms with Crippen molar-refractivity contribution < 1.29 is 14.7 Å². The molecular formula is C15H15ClN2O3. The third kappa shape index (κ3) is 2.83. The summed E-state index contributed by atoms with van der Waals surface area (Å²) in [4.78, 5) is 28.9. The SMILES string of the molecule is CCN(C(C)=O)C(C(=O)O)c1ccc(Cl)c2cccnc12. The van der Waals surface area contributed by atoms with Crippen LogP contribution in [0.15, 0.2) is 30.5 Å². The van der Waals surface area contributed by atoms with Gasteiger partial charge in [0.05, 0.1) is 5.52 Å². The van der Waals surface area contributed by atoms with Crippen molar-refractivity contribution in [1.82, 2.24) is 9.88 Å². The summed E-state index contributed by atoms with van der Waals surface area (Å²) in [6, 6.07) is 5.67. The van der Waals surface area contributed by atoms with Crippen LogP contribution in [0.25, 0.3) is 10.9 Å². The second kappa shape index (κ2) is 6.10. The predicted octanol–water partition coefficient (Wildman–Crippen LogP) is 2.88. The third-order valence-electron chi connectivity index (χ3n) is 3.33. The molecule has 0 spiro atoms. The maximum Gasteiger partial charge on any atom is 0.331 e. The Morgan fingerprint density at radius 3 is 2.67 bits per heavy atom. The van der Waals surface area contributed by atoms with Crippen LogP contribution in [0, 0.1) is 0 Å². The summed E-state index contributed by atoms with van der Waals surface area (Å²) in [5, 5.41) is 10.7. The summed E-state index contributed by atoms with van der Waals surface area (Å²) < 4.78 is 0. The monoisotopic (exact) mass is 306 g/mol. The summed E-state index contributed by atoms with van der Waals surface area (Å²) in [6.07, 6.45) is 1.57. The molecule has 21 heavy (non-hydrogen) atoms. The third-order valence-corrected chi connectivity index (χ3v) is 3.66. The van der Waals surface area contributed by atoms with Crippen molar-refractivity contribution in [2.24, 2.45) is 0 Å². The average molecular weight is 307 g/mol. The molecule has 0 bridgehead atoms. The second-order valence-electron chi connectivity index (χ2n) is 4.58. The number of pyridine rings is 1. The summed E-state index contributed by atoms with van der Waals surface area (Å²) >= 11 is 6.12. The highest BCUT2D eigenvalue weighted by Crippen LogP contribution is 2.31. The maximum absolute atomic E-state index is 11.7. The number of carboxylic acid groups (broad SMARTS) is 1. The lowest BCUT2D eigenvalue weighted by Crippen LogP contribution is -2.37. The number of hydrogen-bond donors (Lipinski definition) is 1. The highest BCUT2D eigenvalue weighted by atomic mass is 35.5. The standard InChI is InChI=1S/C15H15ClN2O3/c1-3-18(9(2)19)14(15(20)21)11-6-7-12(16)10-5-4-8-17-13(10)11/h4-8,14H,3H2,1-2H3,(H,20,21). The number of carbonyl (C=O) groups excluding carboxylic acids is 1. The number of hydrogen-bond acceptors (Lipinski definition) is 3. The number of amides is 1. The summed E-state index contributed by atoms with van der Waals surface area (Å²) in [6.45, 7) is 3.39. The first kappa shape index (κ1) is 15.3. The van der Waals surface area contributed by atoms with E-state index in [1.807, 2.05) is 0 Å². The van der Waals surface area contributed by atoms with Gasteiger partial charge in [0.15, 0.2) is 6.04 Å². The van der Waals surface area contributed by atoms with E-state index in [0.717, 1.165) is 0 Å². The van der Waals surface area contributed by atoms with E-state index in [1.54, 1.807) is 37.4 Å². The molecule has 0 saturated carbocycles. The van der Waals surface area contributed by atoms with Crippen LogP contribution in [0.5, 0.6) is 0 Å². The van der Waals surface area contributed by atoms with Crippen LogP contribution >= 0.6 is 11.6 Å². The number of fused-ring (bicyclic) bond motifs is 1. The van der Waals surface area contributed by atoms with Crippen LogP contribution in [0.2, 0.25) is 5.02 Å². The van der Waals surface area contributed by atoms with E-state index >= 15 is 0 Å². The average Bonchev–Trinajstić information content (AvgIpc) is 2.45. The van der Waals surface area contributed by atoms with E-state index in [0.29, 0.717) is 28.0 Å². The quantitative estimate of drug-likeness (QED) is 0.943. The lowest BCUT2D eigenvalue weighted by molar-refractivity contribution is -0.149. The molecule has 110 valence electrons. The Hall–Kier alpha value is -2.14. The molecule has 1 amide bonds. The highest BCUT2D eigenvalue weighted by molar-refractivity contribution is 6.35. The molecule has 0 saturated heterocycles.